The maximum Gasteiger partial charge on any atom is 0.243 e. The normalized spacial score (nSPS) is 16.1. The van der Waals surface area contributed by atoms with E-state index in [-0.39, 0.29) is 22.5 Å². The summed E-state index contributed by atoms with van der Waals surface area (Å²) in [5.41, 5.74) is 0.815. The molecule has 150 valence electrons. The molecule has 5 nitrogen and oxygen atoms in total. The summed E-state index contributed by atoms with van der Waals surface area (Å²) < 4.78 is 41.4. The molecule has 0 unspecified atom stereocenters. The van der Waals surface area contributed by atoms with Crippen molar-refractivity contribution in [3.8, 4) is 0 Å². The van der Waals surface area contributed by atoms with Crippen LogP contribution < -0.4 is 5.32 Å². The van der Waals surface area contributed by atoms with E-state index in [9.17, 15) is 17.6 Å². The van der Waals surface area contributed by atoms with Crippen molar-refractivity contribution in [1.29, 1.82) is 0 Å². The number of hydrogen-bond acceptors (Lipinski definition) is 3. The number of nitrogens with zero attached hydrogens (tertiary/aromatic N) is 1. The molecule has 2 aromatic carbocycles. The topological polar surface area (TPSA) is 66.5 Å². The molecule has 9 heteroatoms. The van der Waals surface area contributed by atoms with Crippen molar-refractivity contribution in [3.05, 3.63) is 62.8 Å². The number of carbonyl (C=O) groups excluding carboxylic acids is 1. The number of rotatable bonds is 5. The second kappa shape index (κ2) is 9.02. The van der Waals surface area contributed by atoms with Gasteiger partial charge in [0.25, 0.3) is 0 Å². The van der Waals surface area contributed by atoms with Gasteiger partial charge >= 0.3 is 0 Å². The molecular formula is C19H19Br2FN2O3S. The summed E-state index contributed by atoms with van der Waals surface area (Å²) in [6.45, 7) is 0.909. The highest BCUT2D eigenvalue weighted by Crippen LogP contribution is 2.28. The summed E-state index contributed by atoms with van der Waals surface area (Å²) in [6, 6.07) is 10.9. The molecule has 0 aliphatic carbocycles. The van der Waals surface area contributed by atoms with Crippen LogP contribution in [0.3, 0.4) is 0 Å². The quantitative estimate of drug-likeness (QED) is 0.630. The monoisotopic (exact) mass is 532 g/mol. The number of amides is 1. The Kier molecular flexibility index (Phi) is 6.90. The predicted molar refractivity (Wildman–Crippen MR) is 112 cm³/mol. The van der Waals surface area contributed by atoms with Crippen LogP contribution in [-0.4, -0.2) is 31.7 Å². The Bertz CT molecular complexity index is 939. The van der Waals surface area contributed by atoms with Gasteiger partial charge in [-0.15, -0.1) is 0 Å². The largest absolute Gasteiger partial charge is 0.352 e. The minimum Gasteiger partial charge on any atom is -0.352 e. The lowest BCUT2D eigenvalue weighted by Crippen LogP contribution is -2.42. The Labute approximate surface area is 180 Å². The second-order valence-corrected chi connectivity index (χ2v) is 10.4. The highest BCUT2D eigenvalue weighted by Gasteiger charge is 2.32. The van der Waals surface area contributed by atoms with E-state index in [2.05, 4.69) is 37.2 Å². The van der Waals surface area contributed by atoms with Gasteiger partial charge in [-0.25, -0.2) is 12.8 Å². The first-order valence-corrected chi connectivity index (χ1v) is 11.8. The van der Waals surface area contributed by atoms with Gasteiger partial charge < -0.3 is 5.32 Å². The third-order valence-corrected chi connectivity index (χ3v) is 7.47. The Hall–Kier alpha value is -1.29. The molecule has 28 heavy (non-hydrogen) atoms. The van der Waals surface area contributed by atoms with Gasteiger partial charge in [-0.3, -0.25) is 4.79 Å². The van der Waals surface area contributed by atoms with Gasteiger partial charge in [0.05, 0.1) is 4.90 Å². The van der Waals surface area contributed by atoms with Crippen molar-refractivity contribution >= 4 is 47.8 Å². The van der Waals surface area contributed by atoms with Crippen LogP contribution in [-0.2, 0) is 21.4 Å². The lowest BCUT2D eigenvalue weighted by atomic mass is 9.97. The van der Waals surface area contributed by atoms with Crippen molar-refractivity contribution < 1.29 is 17.6 Å². The minimum absolute atomic E-state index is 0.105. The van der Waals surface area contributed by atoms with Crippen LogP contribution in [0.5, 0.6) is 0 Å². The van der Waals surface area contributed by atoms with Crippen molar-refractivity contribution in [2.45, 2.75) is 24.3 Å². The molecule has 2 aromatic rings. The minimum atomic E-state index is -3.61. The molecule has 0 spiro atoms. The number of hydrogen-bond donors (Lipinski definition) is 1. The SMILES string of the molecule is O=C(NCc1ccc(F)cc1)C1CCN(S(=O)(=O)c2cc(Br)cc(Br)c2)CC1. The third kappa shape index (κ3) is 5.20. The Morgan fingerprint density at radius 2 is 1.64 bits per heavy atom. The van der Waals surface area contributed by atoms with E-state index in [0.29, 0.717) is 41.4 Å². The van der Waals surface area contributed by atoms with Crippen molar-refractivity contribution in [2.75, 3.05) is 13.1 Å². The highest BCUT2D eigenvalue weighted by atomic mass is 79.9. The molecule has 1 aliphatic rings. The molecule has 1 heterocycles. The fourth-order valence-electron chi connectivity index (χ4n) is 3.12. The fraction of sp³-hybridized carbons (Fsp3) is 0.316. The third-order valence-electron chi connectivity index (χ3n) is 4.68. The van der Waals surface area contributed by atoms with E-state index < -0.39 is 10.0 Å². The fourth-order valence-corrected chi connectivity index (χ4v) is 6.26. The van der Waals surface area contributed by atoms with E-state index in [1.807, 2.05) is 0 Å². The first kappa shape index (κ1) is 21.4. The van der Waals surface area contributed by atoms with Gasteiger partial charge in [-0.2, -0.15) is 4.31 Å². The zero-order chi connectivity index (χ0) is 20.3. The standard InChI is InChI=1S/C19H19Br2FN2O3S/c20-15-9-16(21)11-18(10-15)28(26,27)24-7-5-14(6-8-24)19(25)23-12-13-1-3-17(22)4-2-13/h1-4,9-11,14H,5-8,12H2,(H,23,25). The Balaban J connectivity index is 1.57. The number of benzene rings is 2. The lowest BCUT2D eigenvalue weighted by Gasteiger charge is -2.30. The Morgan fingerprint density at radius 3 is 2.21 bits per heavy atom. The van der Waals surface area contributed by atoms with E-state index in [0.717, 1.165) is 5.56 Å². The summed E-state index contributed by atoms with van der Waals surface area (Å²) in [4.78, 5) is 12.6. The van der Waals surface area contributed by atoms with Crippen molar-refractivity contribution in [2.24, 2.45) is 5.92 Å². The van der Waals surface area contributed by atoms with E-state index in [4.69, 9.17) is 0 Å². The maximum atomic E-state index is 12.9. The molecule has 3 rings (SSSR count). The number of sulfonamides is 1. The first-order valence-electron chi connectivity index (χ1n) is 8.74. The average molecular weight is 534 g/mol. The van der Waals surface area contributed by atoms with Crippen molar-refractivity contribution in [3.63, 3.8) is 0 Å². The van der Waals surface area contributed by atoms with Gasteiger partial charge in [-0.1, -0.05) is 44.0 Å². The van der Waals surface area contributed by atoms with Crippen LogP contribution in [0.2, 0.25) is 0 Å². The molecule has 0 bridgehead atoms. The molecule has 0 radical (unpaired) electrons. The highest BCUT2D eigenvalue weighted by molar-refractivity contribution is 9.11. The molecular weight excluding hydrogens is 515 g/mol. The molecule has 0 aromatic heterocycles. The summed E-state index contributed by atoms with van der Waals surface area (Å²) >= 11 is 6.62. The molecule has 1 fully saturated rings. The molecule has 1 saturated heterocycles. The zero-order valence-electron chi connectivity index (χ0n) is 14.9. The van der Waals surface area contributed by atoms with E-state index >= 15 is 0 Å². The van der Waals surface area contributed by atoms with Crippen LogP contribution >= 0.6 is 31.9 Å². The smallest absolute Gasteiger partial charge is 0.243 e. The van der Waals surface area contributed by atoms with Gasteiger partial charge in [0.1, 0.15) is 5.82 Å². The number of carbonyl (C=O) groups is 1. The summed E-state index contributed by atoms with van der Waals surface area (Å²) in [5.74, 6) is -0.658. The molecule has 0 atom stereocenters. The summed E-state index contributed by atoms with van der Waals surface area (Å²) in [7, 11) is -3.61. The van der Waals surface area contributed by atoms with Crippen molar-refractivity contribution in [1.82, 2.24) is 9.62 Å². The Morgan fingerprint density at radius 1 is 1.07 bits per heavy atom. The molecule has 1 aliphatic heterocycles. The van der Waals surface area contributed by atoms with Crippen LogP contribution in [0.4, 0.5) is 4.39 Å². The maximum absolute atomic E-state index is 12.9. The molecule has 0 saturated carbocycles. The van der Waals surface area contributed by atoms with Crippen LogP contribution in [0.15, 0.2) is 56.3 Å². The van der Waals surface area contributed by atoms with Gasteiger partial charge in [0.15, 0.2) is 0 Å². The van der Waals surface area contributed by atoms with E-state index in [1.165, 1.54) is 16.4 Å². The zero-order valence-corrected chi connectivity index (χ0v) is 18.9. The lowest BCUT2D eigenvalue weighted by molar-refractivity contribution is -0.126. The predicted octanol–water partition coefficient (Wildman–Crippen LogP) is 4.07. The van der Waals surface area contributed by atoms with Gasteiger partial charge in [-0.05, 0) is 48.7 Å². The van der Waals surface area contributed by atoms with Gasteiger partial charge in [0.2, 0.25) is 15.9 Å². The summed E-state index contributed by atoms with van der Waals surface area (Å²) in [5, 5.41) is 2.85. The number of nitrogens with one attached hydrogen (secondary N) is 1. The van der Waals surface area contributed by atoms with Gasteiger partial charge in [0, 0.05) is 34.5 Å². The summed E-state index contributed by atoms with van der Waals surface area (Å²) in [6.07, 6.45) is 0.924. The van der Waals surface area contributed by atoms with E-state index in [1.54, 1.807) is 30.3 Å². The van der Waals surface area contributed by atoms with Crippen LogP contribution in [0.1, 0.15) is 18.4 Å². The number of piperidine rings is 1. The molecule has 1 amide bonds. The number of halogens is 3. The molecule has 1 N–H and O–H groups in total. The average Bonchev–Trinajstić information content (AvgIpc) is 2.66. The van der Waals surface area contributed by atoms with Crippen LogP contribution in [0.25, 0.3) is 0 Å². The van der Waals surface area contributed by atoms with Crippen LogP contribution in [0, 0.1) is 11.7 Å². The first-order chi connectivity index (χ1) is 13.3. The second-order valence-electron chi connectivity index (χ2n) is 6.63.